The number of likely N-dealkylation sites (tertiary alicyclic amines) is 1. The molecule has 1 fully saturated rings. The van der Waals surface area contributed by atoms with Gasteiger partial charge in [0.15, 0.2) is 0 Å². The van der Waals surface area contributed by atoms with E-state index in [4.69, 9.17) is 5.73 Å². The minimum atomic E-state index is -0.0325. The largest absolute Gasteiger partial charge is 0.367 e. The summed E-state index contributed by atoms with van der Waals surface area (Å²) in [5, 5.41) is 6.91. The normalized spacial score (nSPS) is 17.8. The SMILES string of the molecule is CCN1CCC(NC(=O)Cn2cnc(N)n2)CC1. The molecule has 3 N–H and O–H groups in total. The second kappa shape index (κ2) is 5.81. The summed E-state index contributed by atoms with van der Waals surface area (Å²) in [6, 6.07) is 0.279. The van der Waals surface area contributed by atoms with Crippen LogP contribution in [0.1, 0.15) is 19.8 Å². The van der Waals surface area contributed by atoms with E-state index in [0.29, 0.717) is 0 Å². The van der Waals surface area contributed by atoms with Gasteiger partial charge >= 0.3 is 0 Å². The molecule has 1 aromatic heterocycles. The molecule has 0 saturated carbocycles. The lowest BCUT2D eigenvalue weighted by atomic mass is 10.1. The number of carbonyl (C=O) groups excluding carboxylic acids is 1. The second-order valence-electron chi connectivity index (χ2n) is 4.58. The van der Waals surface area contributed by atoms with Crippen LogP contribution in [0.4, 0.5) is 5.95 Å². The van der Waals surface area contributed by atoms with Crippen molar-refractivity contribution in [3.63, 3.8) is 0 Å². The zero-order chi connectivity index (χ0) is 13.0. The molecule has 100 valence electrons. The van der Waals surface area contributed by atoms with Crippen LogP contribution < -0.4 is 11.1 Å². The highest BCUT2D eigenvalue weighted by atomic mass is 16.2. The predicted octanol–water partition coefficient (Wildman–Crippen LogP) is -0.539. The summed E-state index contributed by atoms with van der Waals surface area (Å²) in [6.45, 7) is 5.53. The van der Waals surface area contributed by atoms with Crippen LogP contribution >= 0.6 is 0 Å². The number of piperidine rings is 1. The molecule has 2 heterocycles. The molecule has 1 aliphatic heterocycles. The molecule has 0 unspecified atom stereocenters. The van der Waals surface area contributed by atoms with Gasteiger partial charge in [-0.1, -0.05) is 6.92 Å². The first-order valence-electron chi connectivity index (χ1n) is 6.34. The number of hydrogen-bond donors (Lipinski definition) is 2. The van der Waals surface area contributed by atoms with Crippen LogP contribution in [0, 0.1) is 0 Å². The fourth-order valence-electron chi connectivity index (χ4n) is 2.20. The van der Waals surface area contributed by atoms with Gasteiger partial charge in [-0.2, -0.15) is 0 Å². The Morgan fingerprint density at radius 2 is 2.28 bits per heavy atom. The number of aromatic nitrogens is 3. The number of rotatable bonds is 4. The Bertz CT molecular complexity index is 396. The van der Waals surface area contributed by atoms with E-state index in [0.717, 1.165) is 32.5 Å². The molecule has 1 saturated heterocycles. The number of carbonyl (C=O) groups is 1. The molecule has 0 spiro atoms. The topological polar surface area (TPSA) is 89.1 Å². The smallest absolute Gasteiger partial charge is 0.242 e. The Morgan fingerprint density at radius 1 is 1.56 bits per heavy atom. The molecule has 7 nitrogen and oxygen atoms in total. The lowest BCUT2D eigenvalue weighted by Crippen LogP contribution is -2.45. The lowest BCUT2D eigenvalue weighted by Gasteiger charge is -2.31. The molecular weight excluding hydrogens is 232 g/mol. The van der Waals surface area contributed by atoms with Gasteiger partial charge in [0, 0.05) is 19.1 Å². The molecular formula is C11H20N6O. The summed E-state index contributed by atoms with van der Waals surface area (Å²) in [5.41, 5.74) is 5.39. The minimum Gasteiger partial charge on any atom is -0.367 e. The molecule has 1 amide bonds. The minimum absolute atomic E-state index is 0.0325. The average Bonchev–Trinajstić information content (AvgIpc) is 2.75. The van der Waals surface area contributed by atoms with E-state index < -0.39 is 0 Å². The molecule has 0 radical (unpaired) electrons. The number of hydrogen-bond acceptors (Lipinski definition) is 5. The van der Waals surface area contributed by atoms with Gasteiger partial charge < -0.3 is 16.0 Å². The van der Waals surface area contributed by atoms with Crippen LogP contribution in [-0.2, 0) is 11.3 Å². The zero-order valence-electron chi connectivity index (χ0n) is 10.7. The van der Waals surface area contributed by atoms with Crippen molar-refractivity contribution in [2.24, 2.45) is 0 Å². The fraction of sp³-hybridized carbons (Fsp3) is 0.727. The number of nitrogen functional groups attached to an aromatic ring is 1. The first kappa shape index (κ1) is 12.8. The maximum atomic E-state index is 11.8. The van der Waals surface area contributed by atoms with Gasteiger partial charge in [0.1, 0.15) is 12.9 Å². The summed E-state index contributed by atoms with van der Waals surface area (Å²) in [5.74, 6) is 0.161. The summed E-state index contributed by atoms with van der Waals surface area (Å²) in [4.78, 5) is 18.0. The van der Waals surface area contributed by atoms with Crippen LogP contribution in [0.15, 0.2) is 6.33 Å². The third-order valence-electron chi connectivity index (χ3n) is 3.26. The molecule has 0 atom stereocenters. The highest BCUT2D eigenvalue weighted by Crippen LogP contribution is 2.09. The third-order valence-corrected chi connectivity index (χ3v) is 3.26. The number of anilines is 1. The van der Waals surface area contributed by atoms with E-state index in [2.05, 4.69) is 27.2 Å². The maximum Gasteiger partial charge on any atom is 0.242 e. The lowest BCUT2D eigenvalue weighted by molar-refractivity contribution is -0.122. The summed E-state index contributed by atoms with van der Waals surface area (Å²) >= 11 is 0. The third kappa shape index (κ3) is 3.43. The van der Waals surface area contributed by atoms with E-state index in [1.807, 2.05) is 0 Å². The van der Waals surface area contributed by atoms with Crippen LogP contribution in [-0.4, -0.2) is 51.2 Å². The Hall–Kier alpha value is -1.63. The van der Waals surface area contributed by atoms with Crippen molar-refractivity contribution in [1.29, 1.82) is 0 Å². The molecule has 0 bridgehead atoms. The first-order chi connectivity index (χ1) is 8.67. The van der Waals surface area contributed by atoms with Gasteiger partial charge in [0.25, 0.3) is 0 Å². The highest BCUT2D eigenvalue weighted by Gasteiger charge is 2.19. The molecule has 1 aliphatic rings. The Kier molecular flexibility index (Phi) is 4.14. The van der Waals surface area contributed by atoms with E-state index >= 15 is 0 Å². The number of amides is 1. The predicted molar refractivity (Wildman–Crippen MR) is 67.7 cm³/mol. The van der Waals surface area contributed by atoms with E-state index in [9.17, 15) is 4.79 Å². The Morgan fingerprint density at radius 3 is 2.83 bits per heavy atom. The Labute approximate surface area is 106 Å². The van der Waals surface area contributed by atoms with Crippen molar-refractivity contribution in [1.82, 2.24) is 25.0 Å². The van der Waals surface area contributed by atoms with E-state index in [1.165, 1.54) is 11.0 Å². The zero-order valence-corrected chi connectivity index (χ0v) is 10.7. The van der Waals surface area contributed by atoms with Crippen molar-refractivity contribution in [2.45, 2.75) is 32.4 Å². The van der Waals surface area contributed by atoms with Crippen molar-refractivity contribution in [3.05, 3.63) is 6.33 Å². The van der Waals surface area contributed by atoms with Gasteiger partial charge in [-0.25, -0.2) is 9.67 Å². The maximum absolute atomic E-state index is 11.8. The fourth-order valence-corrected chi connectivity index (χ4v) is 2.20. The van der Waals surface area contributed by atoms with Gasteiger partial charge in [-0.3, -0.25) is 4.79 Å². The van der Waals surface area contributed by atoms with E-state index in [-0.39, 0.29) is 24.4 Å². The van der Waals surface area contributed by atoms with Crippen molar-refractivity contribution in [3.8, 4) is 0 Å². The van der Waals surface area contributed by atoms with Crippen molar-refractivity contribution < 1.29 is 4.79 Å². The summed E-state index contributed by atoms with van der Waals surface area (Å²) in [7, 11) is 0. The van der Waals surface area contributed by atoms with Crippen LogP contribution in [0.3, 0.4) is 0 Å². The molecule has 1 aromatic rings. The van der Waals surface area contributed by atoms with Gasteiger partial charge in [-0.15, -0.1) is 5.10 Å². The first-order valence-corrected chi connectivity index (χ1v) is 6.34. The number of nitrogens with zero attached hydrogens (tertiary/aromatic N) is 4. The number of nitrogens with two attached hydrogens (primary N) is 1. The number of nitrogens with one attached hydrogen (secondary N) is 1. The van der Waals surface area contributed by atoms with Crippen molar-refractivity contribution in [2.75, 3.05) is 25.4 Å². The standard InChI is InChI=1S/C11H20N6O/c1-2-16-5-3-9(4-6-16)14-10(18)7-17-8-13-11(12)15-17/h8-9H,2-7H2,1H3,(H2,12,15)(H,14,18). The molecule has 18 heavy (non-hydrogen) atoms. The monoisotopic (exact) mass is 252 g/mol. The van der Waals surface area contributed by atoms with Gasteiger partial charge in [0.2, 0.25) is 11.9 Å². The highest BCUT2D eigenvalue weighted by molar-refractivity contribution is 5.75. The van der Waals surface area contributed by atoms with Crippen LogP contribution in [0.25, 0.3) is 0 Å². The average molecular weight is 252 g/mol. The van der Waals surface area contributed by atoms with Gasteiger partial charge in [-0.05, 0) is 19.4 Å². The second-order valence-corrected chi connectivity index (χ2v) is 4.58. The summed E-state index contributed by atoms with van der Waals surface area (Å²) in [6.07, 6.45) is 3.49. The summed E-state index contributed by atoms with van der Waals surface area (Å²) < 4.78 is 1.45. The molecule has 0 aliphatic carbocycles. The molecule has 2 rings (SSSR count). The van der Waals surface area contributed by atoms with Gasteiger partial charge in [0.05, 0.1) is 0 Å². The van der Waals surface area contributed by atoms with Crippen LogP contribution in [0.2, 0.25) is 0 Å². The van der Waals surface area contributed by atoms with E-state index in [1.54, 1.807) is 0 Å². The Balaban J connectivity index is 1.75. The van der Waals surface area contributed by atoms with Crippen molar-refractivity contribution >= 4 is 11.9 Å². The quantitative estimate of drug-likeness (QED) is 0.751. The van der Waals surface area contributed by atoms with Crippen LogP contribution in [0.5, 0.6) is 0 Å². The molecule has 7 heteroatoms. The molecule has 0 aromatic carbocycles.